The number of amides is 2. The Labute approximate surface area is 92.2 Å². The van der Waals surface area contributed by atoms with Gasteiger partial charge in [-0.05, 0) is 44.9 Å². The third-order valence-corrected chi connectivity index (χ3v) is 4.10. The van der Waals surface area contributed by atoms with Crippen molar-refractivity contribution in [2.75, 3.05) is 13.1 Å². The zero-order valence-corrected chi connectivity index (χ0v) is 9.83. The van der Waals surface area contributed by atoms with Crippen molar-refractivity contribution in [3.05, 3.63) is 0 Å². The van der Waals surface area contributed by atoms with Gasteiger partial charge in [-0.1, -0.05) is 6.42 Å². The van der Waals surface area contributed by atoms with Crippen molar-refractivity contribution >= 4 is 6.03 Å². The highest BCUT2D eigenvalue weighted by Gasteiger charge is 2.40. The van der Waals surface area contributed by atoms with Gasteiger partial charge in [0.15, 0.2) is 0 Å². The Bertz CT molecular complexity index is 238. The Balaban J connectivity index is 1.84. The summed E-state index contributed by atoms with van der Waals surface area (Å²) in [5.74, 6) is 1.67. The lowest BCUT2D eigenvalue weighted by molar-refractivity contribution is 0.193. The van der Waals surface area contributed by atoms with E-state index in [-0.39, 0.29) is 6.03 Å². The van der Waals surface area contributed by atoms with Crippen LogP contribution in [0.1, 0.15) is 39.5 Å². The summed E-state index contributed by atoms with van der Waals surface area (Å²) in [5.41, 5.74) is 0. The molecule has 3 unspecified atom stereocenters. The molecule has 0 aromatic rings. The number of carbonyl (C=O) groups excluding carboxylic acids is 1. The minimum atomic E-state index is 0.137. The number of rotatable bonds is 3. The van der Waals surface area contributed by atoms with Crippen LogP contribution >= 0.6 is 0 Å². The fraction of sp³-hybridized carbons (Fsp3) is 0.917. The molecule has 0 aliphatic heterocycles. The van der Waals surface area contributed by atoms with Crippen molar-refractivity contribution in [2.24, 2.45) is 11.8 Å². The fourth-order valence-electron chi connectivity index (χ4n) is 3.18. The minimum absolute atomic E-state index is 0.137. The van der Waals surface area contributed by atoms with Crippen LogP contribution < -0.4 is 5.32 Å². The van der Waals surface area contributed by atoms with Gasteiger partial charge in [0.2, 0.25) is 0 Å². The van der Waals surface area contributed by atoms with E-state index in [9.17, 15) is 4.79 Å². The lowest BCUT2D eigenvalue weighted by Gasteiger charge is -2.27. The molecule has 2 aliphatic carbocycles. The average Bonchev–Trinajstić information content (AvgIpc) is 2.81. The van der Waals surface area contributed by atoms with E-state index in [1.54, 1.807) is 0 Å². The standard InChI is InChI=1S/C12H22N2O/c1-3-14(4-2)12(15)13-11-8-9-5-6-10(11)7-9/h9-11H,3-8H2,1-2H3,(H,13,15). The van der Waals surface area contributed by atoms with Gasteiger partial charge in [-0.25, -0.2) is 4.79 Å². The molecule has 2 rings (SSSR count). The highest BCUT2D eigenvalue weighted by atomic mass is 16.2. The highest BCUT2D eigenvalue weighted by Crippen LogP contribution is 2.44. The molecule has 0 spiro atoms. The van der Waals surface area contributed by atoms with Gasteiger partial charge in [-0.3, -0.25) is 0 Å². The van der Waals surface area contributed by atoms with Gasteiger partial charge in [0, 0.05) is 19.1 Å². The van der Waals surface area contributed by atoms with Gasteiger partial charge in [0.1, 0.15) is 0 Å². The number of nitrogens with zero attached hydrogens (tertiary/aromatic N) is 1. The predicted octanol–water partition coefficient (Wildman–Crippen LogP) is 2.23. The second-order valence-corrected chi connectivity index (χ2v) is 4.90. The molecule has 2 amide bonds. The SMILES string of the molecule is CCN(CC)C(=O)NC1CC2CCC1C2. The van der Waals surface area contributed by atoms with Gasteiger partial charge in [0.25, 0.3) is 0 Å². The van der Waals surface area contributed by atoms with E-state index in [4.69, 9.17) is 0 Å². The first kappa shape index (κ1) is 10.8. The van der Waals surface area contributed by atoms with E-state index in [2.05, 4.69) is 5.32 Å². The van der Waals surface area contributed by atoms with E-state index >= 15 is 0 Å². The number of urea groups is 1. The Morgan fingerprint density at radius 1 is 1.27 bits per heavy atom. The lowest BCUT2D eigenvalue weighted by atomic mass is 9.95. The van der Waals surface area contributed by atoms with Gasteiger partial charge in [0.05, 0.1) is 0 Å². The summed E-state index contributed by atoms with van der Waals surface area (Å²) < 4.78 is 0. The third kappa shape index (κ3) is 2.11. The zero-order chi connectivity index (χ0) is 10.8. The third-order valence-electron chi connectivity index (χ3n) is 4.10. The van der Waals surface area contributed by atoms with Crippen LogP contribution in [0.3, 0.4) is 0 Å². The van der Waals surface area contributed by atoms with Crippen molar-refractivity contribution in [2.45, 2.75) is 45.6 Å². The van der Waals surface area contributed by atoms with Crippen molar-refractivity contribution in [3.8, 4) is 0 Å². The van der Waals surface area contributed by atoms with Crippen LogP contribution in [0, 0.1) is 11.8 Å². The Morgan fingerprint density at radius 2 is 2.00 bits per heavy atom. The molecule has 2 fully saturated rings. The summed E-state index contributed by atoms with van der Waals surface area (Å²) in [6.45, 7) is 5.68. The fourth-order valence-corrected chi connectivity index (χ4v) is 3.18. The van der Waals surface area contributed by atoms with Crippen molar-refractivity contribution < 1.29 is 4.79 Å². The van der Waals surface area contributed by atoms with Crippen LogP contribution in [0.15, 0.2) is 0 Å². The lowest BCUT2D eigenvalue weighted by Crippen LogP contribution is -2.46. The first-order chi connectivity index (χ1) is 7.24. The van der Waals surface area contributed by atoms with E-state index in [1.165, 1.54) is 25.7 Å². The second kappa shape index (κ2) is 4.42. The molecule has 0 aromatic carbocycles. The Kier molecular flexibility index (Phi) is 3.17. The van der Waals surface area contributed by atoms with Crippen molar-refractivity contribution in [3.63, 3.8) is 0 Å². The minimum Gasteiger partial charge on any atom is -0.335 e. The number of carbonyl (C=O) groups is 1. The molecule has 3 nitrogen and oxygen atoms in total. The summed E-state index contributed by atoms with van der Waals surface area (Å²) in [7, 11) is 0. The van der Waals surface area contributed by atoms with Crippen LogP contribution in [-0.4, -0.2) is 30.1 Å². The molecule has 2 aliphatic rings. The maximum atomic E-state index is 11.9. The van der Waals surface area contributed by atoms with Crippen LogP contribution in [0.5, 0.6) is 0 Å². The summed E-state index contributed by atoms with van der Waals surface area (Å²) in [6, 6.07) is 0.606. The van der Waals surface area contributed by atoms with Gasteiger partial charge in [-0.2, -0.15) is 0 Å². The van der Waals surface area contributed by atoms with Crippen LogP contribution in [0.4, 0.5) is 4.79 Å². The monoisotopic (exact) mass is 210 g/mol. The van der Waals surface area contributed by atoms with Crippen LogP contribution in [0.25, 0.3) is 0 Å². The highest BCUT2D eigenvalue weighted by molar-refractivity contribution is 5.74. The quantitative estimate of drug-likeness (QED) is 0.761. The van der Waals surface area contributed by atoms with E-state index in [0.29, 0.717) is 6.04 Å². The molecule has 0 saturated heterocycles. The molecule has 15 heavy (non-hydrogen) atoms. The summed E-state index contributed by atoms with van der Waals surface area (Å²) >= 11 is 0. The molecule has 1 N–H and O–H groups in total. The molecule has 0 radical (unpaired) electrons. The van der Waals surface area contributed by atoms with Gasteiger partial charge < -0.3 is 10.2 Å². The largest absolute Gasteiger partial charge is 0.335 e. The van der Waals surface area contributed by atoms with Crippen LogP contribution in [0.2, 0.25) is 0 Å². The molecular weight excluding hydrogens is 188 g/mol. The maximum absolute atomic E-state index is 11.9. The topological polar surface area (TPSA) is 32.3 Å². The summed E-state index contributed by atoms with van der Waals surface area (Å²) in [5, 5.41) is 3.20. The van der Waals surface area contributed by atoms with Crippen molar-refractivity contribution in [1.82, 2.24) is 10.2 Å². The number of fused-ring (bicyclic) bond motifs is 2. The number of nitrogens with one attached hydrogen (secondary N) is 1. The summed E-state index contributed by atoms with van der Waals surface area (Å²) in [4.78, 5) is 13.7. The molecule has 86 valence electrons. The molecule has 0 aromatic heterocycles. The van der Waals surface area contributed by atoms with E-state index in [1.807, 2.05) is 18.7 Å². The first-order valence-electron chi connectivity index (χ1n) is 6.30. The predicted molar refractivity (Wildman–Crippen MR) is 60.7 cm³/mol. The van der Waals surface area contributed by atoms with E-state index in [0.717, 1.165) is 24.9 Å². The number of hydrogen-bond donors (Lipinski definition) is 1. The normalized spacial score (nSPS) is 33.1. The van der Waals surface area contributed by atoms with Crippen molar-refractivity contribution in [1.29, 1.82) is 0 Å². The molecule has 3 atom stereocenters. The van der Waals surface area contributed by atoms with E-state index < -0.39 is 0 Å². The average molecular weight is 210 g/mol. The molecule has 3 heteroatoms. The van der Waals surface area contributed by atoms with Gasteiger partial charge >= 0.3 is 6.03 Å². The number of hydrogen-bond acceptors (Lipinski definition) is 1. The maximum Gasteiger partial charge on any atom is 0.317 e. The molecular formula is C12H22N2O. The Morgan fingerprint density at radius 3 is 2.47 bits per heavy atom. The Hall–Kier alpha value is -0.730. The second-order valence-electron chi connectivity index (χ2n) is 4.90. The van der Waals surface area contributed by atoms with Crippen LogP contribution in [-0.2, 0) is 0 Å². The molecule has 2 saturated carbocycles. The molecule has 0 heterocycles. The first-order valence-corrected chi connectivity index (χ1v) is 6.30. The molecule has 2 bridgehead atoms. The van der Waals surface area contributed by atoms with Gasteiger partial charge in [-0.15, -0.1) is 0 Å². The smallest absolute Gasteiger partial charge is 0.317 e. The summed E-state index contributed by atoms with van der Waals surface area (Å²) in [6.07, 6.45) is 5.29. The zero-order valence-electron chi connectivity index (χ0n) is 9.83.